The molecule has 6 aromatic rings. The molecule has 0 aliphatic carbocycles. The number of aromatic nitrogens is 2. The minimum Gasteiger partial charge on any atom is -0.465 e. The van der Waals surface area contributed by atoms with Gasteiger partial charge in [0.25, 0.3) is 0 Å². The van der Waals surface area contributed by atoms with Gasteiger partial charge >= 0.3 is 11.9 Å². The van der Waals surface area contributed by atoms with Crippen LogP contribution in [0, 0.1) is 0 Å². The maximum absolute atomic E-state index is 12.1. The first kappa shape index (κ1) is 27.1. The highest BCUT2D eigenvalue weighted by atomic mass is 35.5. The van der Waals surface area contributed by atoms with Gasteiger partial charge in [-0.15, -0.1) is 0 Å². The zero-order chi connectivity index (χ0) is 28.2. The second-order valence-electron chi connectivity index (χ2n) is 8.82. The molecule has 6 nitrogen and oxygen atoms in total. The van der Waals surface area contributed by atoms with E-state index < -0.39 is 0 Å². The van der Waals surface area contributed by atoms with E-state index in [-0.39, 0.29) is 11.9 Å². The molecular weight excluding hydrogens is 547 g/mol. The van der Waals surface area contributed by atoms with Gasteiger partial charge < -0.3 is 18.3 Å². The van der Waals surface area contributed by atoms with Crippen molar-refractivity contribution in [2.24, 2.45) is 0 Å². The van der Waals surface area contributed by atoms with Crippen LogP contribution in [0.4, 0.5) is 0 Å². The minimum atomic E-state index is -0.344. The molecule has 8 heteroatoms. The Morgan fingerprint density at radius 1 is 0.575 bits per heavy atom. The second-order valence-corrected chi connectivity index (χ2v) is 9.69. The molecule has 0 amide bonds. The molecule has 0 spiro atoms. The van der Waals surface area contributed by atoms with Crippen LogP contribution in [0.25, 0.3) is 33.3 Å². The first-order valence-corrected chi connectivity index (χ1v) is 13.0. The van der Waals surface area contributed by atoms with Crippen molar-refractivity contribution in [3.8, 4) is 22.3 Å². The topological polar surface area (TPSA) is 61.4 Å². The smallest absolute Gasteiger partial charge is 0.340 e. The second kappa shape index (κ2) is 11.7. The molecule has 0 radical (unpaired) electrons. The summed E-state index contributed by atoms with van der Waals surface area (Å²) in [7, 11) is 2.78. The summed E-state index contributed by atoms with van der Waals surface area (Å²) in [5.41, 5.74) is 6.30. The van der Waals surface area contributed by atoms with E-state index in [0.29, 0.717) is 21.2 Å². The van der Waals surface area contributed by atoms with E-state index in [1.165, 1.54) is 14.2 Å². The largest absolute Gasteiger partial charge is 0.465 e. The third-order valence-electron chi connectivity index (χ3n) is 6.46. The van der Waals surface area contributed by atoms with Crippen molar-refractivity contribution in [2.75, 3.05) is 14.2 Å². The van der Waals surface area contributed by atoms with E-state index in [0.717, 1.165) is 33.3 Å². The molecule has 4 heterocycles. The van der Waals surface area contributed by atoms with Crippen LogP contribution in [-0.2, 0) is 9.47 Å². The first-order valence-electron chi connectivity index (χ1n) is 12.3. The molecule has 0 aliphatic heterocycles. The van der Waals surface area contributed by atoms with E-state index in [1.54, 1.807) is 24.3 Å². The summed E-state index contributed by atoms with van der Waals surface area (Å²) in [6.07, 6.45) is 7.65. The number of esters is 2. The summed E-state index contributed by atoms with van der Waals surface area (Å²) in [6, 6.07) is 26.2. The number of methoxy groups -OCH3 is 2. The Labute approximate surface area is 240 Å². The Balaban J connectivity index is 0.000000161. The molecule has 0 N–H and O–H groups in total. The molecule has 0 fully saturated rings. The van der Waals surface area contributed by atoms with Gasteiger partial charge in [-0.05, 0) is 59.7 Å². The van der Waals surface area contributed by atoms with E-state index >= 15 is 0 Å². The number of hydrogen-bond acceptors (Lipinski definition) is 4. The molecule has 6 rings (SSSR count). The van der Waals surface area contributed by atoms with Crippen molar-refractivity contribution < 1.29 is 19.1 Å². The van der Waals surface area contributed by atoms with Gasteiger partial charge in [0.1, 0.15) is 0 Å². The monoisotopic (exact) mass is 570 g/mol. The fraction of sp³-hybridized carbons (Fsp3) is 0.0625. The van der Waals surface area contributed by atoms with Gasteiger partial charge in [0.15, 0.2) is 0 Å². The number of hydrogen-bond donors (Lipinski definition) is 0. The van der Waals surface area contributed by atoms with Gasteiger partial charge in [-0.25, -0.2) is 9.59 Å². The molecule has 0 unspecified atom stereocenters. The summed E-state index contributed by atoms with van der Waals surface area (Å²) in [6.45, 7) is 0. The third kappa shape index (κ3) is 5.32. The summed E-state index contributed by atoms with van der Waals surface area (Å²) in [5, 5.41) is 1.33. The summed E-state index contributed by atoms with van der Waals surface area (Å²) < 4.78 is 13.6. The number of carbonyl (C=O) groups excluding carboxylic acids is 2. The zero-order valence-electron chi connectivity index (χ0n) is 21.7. The first-order chi connectivity index (χ1) is 19.4. The van der Waals surface area contributed by atoms with Crippen LogP contribution in [0.5, 0.6) is 0 Å². The Morgan fingerprint density at radius 2 is 0.950 bits per heavy atom. The van der Waals surface area contributed by atoms with Crippen LogP contribution in [0.15, 0.2) is 110 Å². The number of rotatable bonds is 4. The van der Waals surface area contributed by atoms with Gasteiger partial charge in [0.2, 0.25) is 0 Å². The van der Waals surface area contributed by atoms with Crippen molar-refractivity contribution in [1.29, 1.82) is 0 Å². The van der Waals surface area contributed by atoms with Crippen molar-refractivity contribution >= 4 is 46.2 Å². The number of carbonyl (C=O) groups is 2. The van der Waals surface area contributed by atoms with Crippen LogP contribution in [0.1, 0.15) is 20.7 Å². The molecule has 0 saturated heterocycles. The SMILES string of the molecule is COC(=O)c1c(-c2ccc(Cl)cc2)cn2ccccc12.COC(=O)c1c(-c2ccc(Cl)cc2)cn2ccccc12. The fourth-order valence-corrected chi connectivity index (χ4v) is 4.83. The van der Waals surface area contributed by atoms with Crippen LogP contribution < -0.4 is 0 Å². The predicted octanol–water partition coefficient (Wildman–Crippen LogP) is 8.09. The number of pyridine rings is 2. The van der Waals surface area contributed by atoms with Crippen LogP contribution in [-0.4, -0.2) is 35.0 Å². The van der Waals surface area contributed by atoms with Crippen molar-refractivity contribution in [3.63, 3.8) is 0 Å². The summed E-state index contributed by atoms with van der Waals surface area (Å²) in [4.78, 5) is 24.2. The molecule has 0 aliphatic rings. The molecule has 4 aromatic heterocycles. The lowest BCUT2D eigenvalue weighted by Gasteiger charge is -2.03. The number of halogens is 2. The van der Waals surface area contributed by atoms with E-state index in [2.05, 4.69) is 0 Å². The quantitative estimate of drug-likeness (QED) is 0.201. The predicted molar refractivity (Wildman–Crippen MR) is 158 cm³/mol. The van der Waals surface area contributed by atoms with E-state index in [1.807, 2.05) is 94.3 Å². The van der Waals surface area contributed by atoms with E-state index in [9.17, 15) is 9.59 Å². The van der Waals surface area contributed by atoms with Gasteiger partial charge in [-0.1, -0.05) is 59.6 Å². The van der Waals surface area contributed by atoms with E-state index in [4.69, 9.17) is 32.7 Å². The van der Waals surface area contributed by atoms with Crippen molar-refractivity contribution in [2.45, 2.75) is 0 Å². The van der Waals surface area contributed by atoms with Gasteiger partial charge in [-0.3, -0.25) is 0 Å². The molecular formula is C32H24Cl2N2O4. The molecule has 40 heavy (non-hydrogen) atoms. The fourth-order valence-electron chi connectivity index (χ4n) is 4.57. The van der Waals surface area contributed by atoms with Gasteiger partial charge in [-0.2, -0.15) is 0 Å². The Hall–Kier alpha value is -4.52. The molecule has 2 aromatic carbocycles. The maximum atomic E-state index is 12.1. The van der Waals surface area contributed by atoms with Crippen LogP contribution in [0.3, 0.4) is 0 Å². The molecule has 0 saturated carbocycles. The molecule has 0 bridgehead atoms. The Morgan fingerprint density at radius 3 is 1.30 bits per heavy atom. The highest BCUT2D eigenvalue weighted by Gasteiger charge is 2.20. The van der Waals surface area contributed by atoms with Gasteiger partial charge in [0.05, 0.1) is 36.4 Å². The zero-order valence-corrected chi connectivity index (χ0v) is 23.2. The lowest BCUT2D eigenvalue weighted by Crippen LogP contribution is -2.02. The highest BCUT2D eigenvalue weighted by molar-refractivity contribution is 6.31. The lowest BCUT2D eigenvalue weighted by atomic mass is 10.0. The molecule has 200 valence electrons. The maximum Gasteiger partial charge on any atom is 0.340 e. The van der Waals surface area contributed by atoms with Crippen LogP contribution >= 0.6 is 23.2 Å². The minimum absolute atomic E-state index is 0.344. The number of benzene rings is 2. The average Bonchev–Trinajstić information content (AvgIpc) is 3.57. The van der Waals surface area contributed by atoms with Crippen LogP contribution in [0.2, 0.25) is 10.0 Å². The number of nitrogens with zero attached hydrogens (tertiary/aromatic N) is 2. The molecule has 0 atom stereocenters. The lowest BCUT2D eigenvalue weighted by molar-refractivity contribution is 0.0595. The van der Waals surface area contributed by atoms with Gasteiger partial charge in [0, 0.05) is 46.0 Å². The summed E-state index contributed by atoms with van der Waals surface area (Å²) >= 11 is 11.8. The normalized spacial score (nSPS) is 10.7. The number of fused-ring (bicyclic) bond motifs is 2. The summed E-state index contributed by atoms with van der Waals surface area (Å²) in [5.74, 6) is -0.688. The van der Waals surface area contributed by atoms with Crippen molar-refractivity contribution in [1.82, 2.24) is 8.80 Å². The standard InChI is InChI=1S/2C16H12ClNO2/c2*1-20-16(19)15-13(11-5-7-12(17)8-6-11)10-18-9-3-2-4-14(15)18/h2*2-10H,1H3. The third-order valence-corrected chi connectivity index (χ3v) is 6.96. The van der Waals surface area contributed by atoms with Crippen molar-refractivity contribution in [3.05, 3.63) is 131 Å². The number of ether oxygens (including phenoxy) is 2. The Kier molecular flexibility index (Phi) is 7.91. The average molecular weight is 571 g/mol. The Bertz CT molecular complexity index is 1690. The highest BCUT2D eigenvalue weighted by Crippen LogP contribution is 2.31.